The molecule has 0 aliphatic heterocycles. The van der Waals surface area contributed by atoms with Gasteiger partial charge in [0.05, 0.1) is 0 Å². The molecule has 1 aromatic rings. The highest BCUT2D eigenvalue weighted by Gasteiger charge is 2.55. The summed E-state index contributed by atoms with van der Waals surface area (Å²) < 4.78 is 18.2. The van der Waals surface area contributed by atoms with E-state index in [0.29, 0.717) is 0 Å². The Morgan fingerprint density at radius 2 is 2.41 bits per heavy atom. The summed E-state index contributed by atoms with van der Waals surface area (Å²) in [7, 11) is 0. The van der Waals surface area contributed by atoms with E-state index in [1.807, 2.05) is 6.07 Å². The van der Waals surface area contributed by atoms with Crippen molar-refractivity contribution in [3.8, 4) is 0 Å². The minimum Gasteiger partial charge on any atom is -0.465 e. The predicted octanol–water partition coefficient (Wildman–Crippen LogP) is 1.64. The highest BCUT2D eigenvalue weighted by Crippen LogP contribution is 2.54. The molecule has 0 aromatic heterocycles. The van der Waals surface area contributed by atoms with Gasteiger partial charge in [0.1, 0.15) is 12.4 Å². The zero-order valence-corrected chi connectivity index (χ0v) is 9.65. The van der Waals surface area contributed by atoms with Crippen LogP contribution in [0.5, 0.6) is 0 Å². The lowest BCUT2D eigenvalue weighted by molar-refractivity contribution is -0.142. The standard InChI is InChI=1S/C13H15FO3/c1-9(16)17-8-13(6-11(13)7-15)10-3-2-4-12(14)5-10/h2-5,11,15H,6-8H2,1H3/t11-,13+/m0/s1. The summed E-state index contributed by atoms with van der Waals surface area (Å²) in [4.78, 5) is 10.9. The van der Waals surface area contributed by atoms with Crippen molar-refractivity contribution in [3.63, 3.8) is 0 Å². The number of carbonyl (C=O) groups is 1. The number of rotatable bonds is 4. The van der Waals surface area contributed by atoms with Gasteiger partial charge < -0.3 is 9.84 Å². The SMILES string of the molecule is CC(=O)OC[C@@]1(c2cccc(F)c2)C[C@H]1CO. The van der Waals surface area contributed by atoms with Crippen LogP contribution in [0.3, 0.4) is 0 Å². The molecule has 1 aliphatic rings. The van der Waals surface area contributed by atoms with Gasteiger partial charge in [0.15, 0.2) is 0 Å². The number of ether oxygens (including phenoxy) is 1. The highest BCUT2D eigenvalue weighted by molar-refractivity contribution is 5.66. The van der Waals surface area contributed by atoms with Crippen LogP contribution in [0.2, 0.25) is 0 Å². The van der Waals surface area contributed by atoms with Gasteiger partial charge in [-0.25, -0.2) is 4.39 Å². The first kappa shape index (κ1) is 12.0. The normalized spacial score (nSPS) is 26.6. The summed E-state index contributed by atoms with van der Waals surface area (Å²) in [5, 5.41) is 9.20. The first-order valence-corrected chi connectivity index (χ1v) is 5.59. The van der Waals surface area contributed by atoms with Crippen molar-refractivity contribution in [2.24, 2.45) is 5.92 Å². The zero-order chi connectivity index (χ0) is 12.5. The smallest absolute Gasteiger partial charge is 0.302 e. The van der Waals surface area contributed by atoms with Gasteiger partial charge in [0, 0.05) is 18.9 Å². The van der Waals surface area contributed by atoms with Gasteiger partial charge in [-0.3, -0.25) is 4.79 Å². The maximum Gasteiger partial charge on any atom is 0.302 e. The molecule has 0 radical (unpaired) electrons. The Hall–Kier alpha value is -1.42. The van der Waals surface area contributed by atoms with Crippen molar-refractivity contribution in [3.05, 3.63) is 35.6 Å². The first-order chi connectivity index (χ1) is 8.08. The summed E-state index contributed by atoms with van der Waals surface area (Å²) >= 11 is 0. The molecule has 2 rings (SSSR count). The lowest BCUT2D eigenvalue weighted by atomic mass is 9.94. The van der Waals surface area contributed by atoms with Crippen LogP contribution in [0, 0.1) is 11.7 Å². The summed E-state index contributed by atoms with van der Waals surface area (Å²) in [5.41, 5.74) is 0.389. The Morgan fingerprint density at radius 1 is 1.65 bits per heavy atom. The second-order valence-corrected chi connectivity index (χ2v) is 4.53. The van der Waals surface area contributed by atoms with Crippen molar-refractivity contribution in [2.45, 2.75) is 18.8 Å². The van der Waals surface area contributed by atoms with E-state index >= 15 is 0 Å². The van der Waals surface area contributed by atoms with Crippen LogP contribution in [0.25, 0.3) is 0 Å². The van der Waals surface area contributed by atoms with E-state index in [1.165, 1.54) is 19.1 Å². The Balaban J connectivity index is 2.21. The number of hydrogen-bond donors (Lipinski definition) is 1. The molecule has 0 unspecified atom stereocenters. The van der Waals surface area contributed by atoms with Crippen molar-refractivity contribution in [1.29, 1.82) is 0 Å². The van der Waals surface area contributed by atoms with E-state index in [2.05, 4.69) is 0 Å². The van der Waals surface area contributed by atoms with Crippen LogP contribution in [0.4, 0.5) is 4.39 Å². The van der Waals surface area contributed by atoms with Gasteiger partial charge in [-0.1, -0.05) is 12.1 Å². The molecule has 17 heavy (non-hydrogen) atoms. The Labute approximate surface area is 99.2 Å². The highest BCUT2D eigenvalue weighted by atomic mass is 19.1. The molecule has 0 spiro atoms. The zero-order valence-electron chi connectivity index (χ0n) is 9.65. The van der Waals surface area contributed by atoms with E-state index in [4.69, 9.17) is 4.74 Å². The lowest BCUT2D eigenvalue weighted by Gasteiger charge is -2.17. The summed E-state index contributed by atoms with van der Waals surface area (Å²) in [6, 6.07) is 6.26. The number of esters is 1. The monoisotopic (exact) mass is 238 g/mol. The fourth-order valence-corrected chi connectivity index (χ4v) is 2.26. The average molecular weight is 238 g/mol. The van der Waals surface area contributed by atoms with Crippen LogP contribution in [-0.2, 0) is 14.9 Å². The van der Waals surface area contributed by atoms with Gasteiger partial charge in [-0.2, -0.15) is 0 Å². The molecule has 0 amide bonds. The molecular formula is C13H15FO3. The number of hydrogen-bond acceptors (Lipinski definition) is 3. The van der Waals surface area contributed by atoms with Crippen LogP contribution in [-0.4, -0.2) is 24.3 Å². The van der Waals surface area contributed by atoms with Crippen molar-refractivity contribution in [1.82, 2.24) is 0 Å². The van der Waals surface area contributed by atoms with E-state index < -0.39 is 5.41 Å². The molecule has 0 bridgehead atoms. The molecule has 3 nitrogen and oxygen atoms in total. The summed E-state index contributed by atoms with van der Waals surface area (Å²) in [6.07, 6.45) is 0.722. The van der Waals surface area contributed by atoms with E-state index in [9.17, 15) is 14.3 Å². The fourth-order valence-electron chi connectivity index (χ4n) is 2.26. The Bertz CT molecular complexity index is 432. The molecule has 1 N–H and O–H groups in total. The predicted molar refractivity (Wildman–Crippen MR) is 59.9 cm³/mol. The van der Waals surface area contributed by atoms with Gasteiger partial charge in [-0.05, 0) is 30.0 Å². The number of halogens is 1. The van der Waals surface area contributed by atoms with Crippen molar-refractivity contribution < 1.29 is 19.0 Å². The topological polar surface area (TPSA) is 46.5 Å². The molecular weight excluding hydrogens is 223 g/mol. The van der Waals surface area contributed by atoms with Crippen molar-refractivity contribution >= 4 is 5.97 Å². The molecule has 1 aliphatic carbocycles. The van der Waals surface area contributed by atoms with Gasteiger partial charge in [-0.15, -0.1) is 0 Å². The molecule has 92 valence electrons. The van der Waals surface area contributed by atoms with Gasteiger partial charge in [0.2, 0.25) is 0 Å². The number of aliphatic hydroxyl groups excluding tert-OH is 1. The molecule has 2 atom stereocenters. The minimum atomic E-state index is -0.400. The quantitative estimate of drug-likeness (QED) is 0.811. The largest absolute Gasteiger partial charge is 0.465 e. The van der Waals surface area contributed by atoms with E-state index in [1.54, 1.807) is 6.07 Å². The third-order valence-corrected chi connectivity index (χ3v) is 3.38. The van der Waals surface area contributed by atoms with Gasteiger partial charge in [0.25, 0.3) is 0 Å². The fraction of sp³-hybridized carbons (Fsp3) is 0.462. The number of aliphatic hydroxyl groups is 1. The Kier molecular flexibility index (Phi) is 3.15. The van der Waals surface area contributed by atoms with Gasteiger partial charge >= 0.3 is 5.97 Å². The Morgan fingerprint density at radius 3 is 2.94 bits per heavy atom. The average Bonchev–Trinajstić information content (AvgIpc) is 3.01. The van der Waals surface area contributed by atoms with E-state index in [0.717, 1.165) is 12.0 Å². The summed E-state index contributed by atoms with van der Waals surface area (Å²) in [5.74, 6) is -0.624. The molecule has 0 heterocycles. The third kappa shape index (κ3) is 2.31. The van der Waals surface area contributed by atoms with Crippen LogP contribution in [0.1, 0.15) is 18.9 Å². The van der Waals surface area contributed by atoms with Crippen LogP contribution >= 0.6 is 0 Å². The van der Waals surface area contributed by atoms with Crippen LogP contribution in [0.15, 0.2) is 24.3 Å². The molecule has 0 saturated heterocycles. The molecule has 1 saturated carbocycles. The van der Waals surface area contributed by atoms with Crippen molar-refractivity contribution in [2.75, 3.05) is 13.2 Å². The number of carbonyl (C=O) groups excluding carboxylic acids is 1. The minimum absolute atomic E-state index is 0.0256. The van der Waals surface area contributed by atoms with Crippen LogP contribution < -0.4 is 0 Å². The maximum atomic E-state index is 13.2. The second-order valence-electron chi connectivity index (χ2n) is 4.53. The maximum absolute atomic E-state index is 13.2. The molecule has 4 heteroatoms. The molecule has 1 fully saturated rings. The second kappa shape index (κ2) is 4.45. The third-order valence-electron chi connectivity index (χ3n) is 3.38. The summed E-state index contributed by atoms with van der Waals surface area (Å²) in [6.45, 7) is 1.57. The number of benzene rings is 1. The lowest BCUT2D eigenvalue weighted by Crippen LogP contribution is -2.21. The molecule has 1 aromatic carbocycles. The van der Waals surface area contributed by atoms with E-state index in [-0.39, 0.29) is 30.9 Å². The first-order valence-electron chi connectivity index (χ1n) is 5.59.